The summed E-state index contributed by atoms with van der Waals surface area (Å²) in [5.41, 5.74) is 1.00. The van der Waals surface area contributed by atoms with Crippen LogP contribution in [0.25, 0.3) is 10.9 Å². The van der Waals surface area contributed by atoms with E-state index in [1.165, 1.54) is 25.7 Å². The molecule has 6 heteroatoms. The third-order valence-corrected chi connectivity index (χ3v) is 6.24. The van der Waals surface area contributed by atoms with Crippen molar-refractivity contribution < 1.29 is 9.53 Å². The van der Waals surface area contributed by atoms with Crippen molar-refractivity contribution >= 4 is 22.6 Å². The van der Waals surface area contributed by atoms with Crippen LogP contribution in [0.1, 0.15) is 45.4 Å². The lowest BCUT2D eigenvalue weighted by Crippen LogP contribution is -2.39. The second-order valence-corrected chi connectivity index (χ2v) is 9.45. The van der Waals surface area contributed by atoms with Gasteiger partial charge in [-0.15, -0.1) is 0 Å². The number of hydrogen-bond donors (Lipinski definition) is 1. The first kappa shape index (κ1) is 25.5. The molecule has 3 aromatic rings. The maximum absolute atomic E-state index is 12.0. The van der Waals surface area contributed by atoms with E-state index in [0.717, 1.165) is 40.8 Å². The summed E-state index contributed by atoms with van der Waals surface area (Å²) in [6.45, 7) is 6.81. The molecule has 0 aliphatic heterocycles. The van der Waals surface area contributed by atoms with E-state index in [0.29, 0.717) is 5.92 Å². The number of hydrogen-bond acceptors (Lipinski definition) is 5. The molecule has 2 aromatic carbocycles. The van der Waals surface area contributed by atoms with Gasteiger partial charge in [0.15, 0.2) is 6.10 Å². The normalized spacial score (nSPS) is 18.4. The quantitative estimate of drug-likeness (QED) is 0.531. The standard InChI is InChI=1S/C17H25NO2.C11H13N3/c1-13-8-10-15(11-9-13)12-18-17(19)14(2)20-16-6-4-3-5-7-16;1-8-12-10-7-5-4-6-9(10)11(13-8)14(2)3/h3-7,13-15H,8-12H2,1-2H3,(H,18,19);4-7H,1-3H3. The van der Waals surface area contributed by atoms with E-state index in [2.05, 4.69) is 22.2 Å². The number of aryl methyl sites for hydroxylation is 1. The lowest BCUT2D eigenvalue weighted by Gasteiger charge is -2.26. The monoisotopic (exact) mass is 462 g/mol. The van der Waals surface area contributed by atoms with E-state index in [-0.39, 0.29) is 5.91 Å². The van der Waals surface area contributed by atoms with Gasteiger partial charge in [0.2, 0.25) is 0 Å². The highest BCUT2D eigenvalue weighted by Crippen LogP contribution is 2.27. The SMILES string of the molecule is CC1CCC(CNC(=O)C(C)Oc2ccccc2)CC1.Cc1nc(N(C)C)c2ccccc2n1. The number of carbonyl (C=O) groups is 1. The number of nitrogens with one attached hydrogen (secondary N) is 1. The van der Waals surface area contributed by atoms with Crippen molar-refractivity contribution in [1.29, 1.82) is 0 Å². The molecule has 182 valence electrons. The number of nitrogens with zero attached hydrogens (tertiary/aromatic N) is 3. The minimum Gasteiger partial charge on any atom is -0.481 e. The Bertz CT molecular complexity index is 1050. The molecule has 1 aromatic heterocycles. The molecule has 0 bridgehead atoms. The van der Waals surface area contributed by atoms with E-state index in [1.54, 1.807) is 6.92 Å². The fourth-order valence-electron chi connectivity index (χ4n) is 4.19. The highest BCUT2D eigenvalue weighted by atomic mass is 16.5. The summed E-state index contributed by atoms with van der Waals surface area (Å²) in [5.74, 6) is 4.00. The minimum atomic E-state index is -0.445. The van der Waals surface area contributed by atoms with Crippen LogP contribution in [0.2, 0.25) is 0 Å². The zero-order valence-corrected chi connectivity index (χ0v) is 21.1. The number of amides is 1. The fraction of sp³-hybridized carbons (Fsp3) is 0.464. The maximum Gasteiger partial charge on any atom is 0.260 e. The molecule has 1 unspecified atom stereocenters. The van der Waals surface area contributed by atoms with Crippen molar-refractivity contribution in [2.24, 2.45) is 11.8 Å². The van der Waals surface area contributed by atoms with Crippen LogP contribution in [-0.2, 0) is 4.79 Å². The number of para-hydroxylation sites is 2. The molecule has 1 aliphatic carbocycles. The van der Waals surface area contributed by atoms with Crippen LogP contribution in [0.5, 0.6) is 5.75 Å². The lowest BCUT2D eigenvalue weighted by atomic mass is 9.83. The van der Waals surface area contributed by atoms with Gasteiger partial charge in [-0.1, -0.05) is 50.1 Å². The summed E-state index contributed by atoms with van der Waals surface area (Å²) in [6, 6.07) is 17.5. The smallest absolute Gasteiger partial charge is 0.260 e. The molecular formula is C28H38N4O2. The molecular weight excluding hydrogens is 424 g/mol. The molecule has 4 rings (SSSR count). The van der Waals surface area contributed by atoms with Gasteiger partial charge in [-0.05, 0) is 62.8 Å². The van der Waals surface area contributed by atoms with Crippen molar-refractivity contribution in [2.75, 3.05) is 25.5 Å². The largest absolute Gasteiger partial charge is 0.481 e. The number of carbonyl (C=O) groups excluding carboxylic acids is 1. The summed E-state index contributed by atoms with van der Waals surface area (Å²) in [6.07, 6.45) is 4.60. The highest BCUT2D eigenvalue weighted by Gasteiger charge is 2.20. The van der Waals surface area contributed by atoms with E-state index in [9.17, 15) is 4.79 Å². The summed E-state index contributed by atoms with van der Waals surface area (Å²) in [5, 5.41) is 4.12. The number of ether oxygens (including phenoxy) is 1. The van der Waals surface area contributed by atoms with Crippen LogP contribution in [0, 0.1) is 18.8 Å². The first-order chi connectivity index (χ1) is 16.3. The van der Waals surface area contributed by atoms with Crippen LogP contribution in [0.15, 0.2) is 54.6 Å². The third kappa shape index (κ3) is 7.44. The Kier molecular flexibility index (Phi) is 9.25. The molecule has 0 saturated heterocycles. The van der Waals surface area contributed by atoms with Gasteiger partial charge in [0, 0.05) is 26.0 Å². The molecule has 0 spiro atoms. The molecule has 0 radical (unpaired) electrons. The summed E-state index contributed by atoms with van der Waals surface area (Å²) < 4.78 is 5.62. The van der Waals surface area contributed by atoms with Crippen molar-refractivity contribution in [2.45, 2.75) is 52.6 Å². The zero-order chi connectivity index (χ0) is 24.5. The van der Waals surface area contributed by atoms with E-state index >= 15 is 0 Å². The summed E-state index contributed by atoms with van der Waals surface area (Å²) in [4.78, 5) is 22.8. The summed E-state index contributed by atoms with van der Waals surface area (Å²) >= 11 is 0. The minimum absolute atomic E-state index is 0.0209. The molecule has 1 N–H and O–H groups in total. The second-order valence-electron chi connectivity index (χ2n) is 9.45. The lowest BCUT2D eigenvalue weighted by molar-refractivity contribution is -0.127. The van der Waals surface area contributed by atoms with Crippen LogP contribution < -0.4 is 15.0 Å². The molecule has 1 saturated carbocycles. The molecule has 1 heterocycles. The van der Waals surface area contributed by atoms with Gasteiger partial charge in [0.1, 0.15) is 17.4 Å². The van der Waals surface area contributed by atoms with Gasteiger partial charge in [-0.25, -0.2) is 9.97 Å². The van der Waals surface area contributed by atoms with Gasteiger partial charge in [-0.3, -0.25) is 4.79 Å². The molecule has 1 atom stereocenters. The van der Waals surface area contributed by atoms with Gasteiger partial charge in [-0.2, -0.15) is 0 Å². The maximum atomic E-state index is 12.0. The number of anilines is 1. The summed E-state index contributed by atoms with van der Waals surface area (Å²) in [7, 11) is 3.99. The molecule has 34 heavy (non-hydrogen) atoms. The van der Waals surface area contributed by atoms with Crippen molar-refractivity contribution in [1.82, 2.24) is 15.3 Å². The molecule has 1 amide bonds. The van der Waals surface area contributed by atoms with Crippen molar-refractivity contribution in [3.63, 3.8) is 0 Å². The Morgan fingerprint density at radius 3 is 2.35 bits per heavy atom. The topological polar surface area (TPSA) is 67.3 Å². The Morgan fingerprint density at radius 1 is 1.03 bits per heavy atom. The Labute approximate surface area is 203 Å². The molecule has 1 aliphatic rings. The van der Waals surface area contributed by atoms with E-state index < -0.39 is 6.10 Å². The Hall–Kier alpha value is -3.15. The van der Waals surface area contributed by atoms with Crippen LogP contribution in [-0.4, -0.2) is 42.6 Å². The van der Waals surface area contributed by atoms with Crippen LogP contribution in [0.3, 0.4) is 0 Å². The molecule has 1 fully saturated rings. The predicted octanol–water partition coefficient (Wildman–Crippen LogP) is 5.40. The zero-order valence-electron chi connectivity index (χ0n) is 21.1. The first-order valence-electron chi connectivity index (χ1n) is 12.2. The van der Waals surface area contributed by atoms with Gasteiger partial charge >= 0.3 is 0 Å². The van der Waals surface area contributed by atoms with Crippen LogP contribution >= 0.6 is 0 Å². The highest BCUT2D eigenvalue weighted by molar-refractivity contribution is 5.89. The first-order valence-corrected chi connectivity index (χ1v) is 12.2. The number of fused-ring (bicyclic) bond motifs is 1. The van der Waals surface area contributed by atoms with Gasteiger partial charge in [0.05, 0.1) is 5.52 Å². The number of aromatic nitrogens is 2. The van der Waals surface area contributed by atoms with E-state index in [4.69, 9.17) is 4.74 Å². The second kappa shape index (κ2) is 12.4. The number of rotatable bonds is 6. The Balaban J connectivity index is 0.000000202. The fourth-order valence-corrected chi connectivity index (χ4v) is 4.19. The van der Waals surface area contributed by atoms with Crippen molar-refractivity contribution in [3.05, 3.63) is 60.4 Å². The predicted molar refractivity (Wildman–Crippen MR) is 139 cm³/mol. The third-order valence-electron chi connectivity index (χ3n) is 6.24. The average Bonchev–Trinajstić information content (AvgIpc) is 2.84. The molecule has 6 nitrogen and oxygen atoms in total. The van der Waals surface area contributed by atoms with Gasteiger partial charge < -0.3 is 15.0 Å². The average molecular weight is 463 g/mol. The number of benzene rings is 2. The van der Waals surface area contributed by atoms with E-state index in [1.807, 2.05) is 80.5 Å². The van der Waals surface area contributed by atoms with Crippen LogP contribution in [0.4, 0.5) is 5.82 Å². The van der Waals surface area contributed by atoms with Crippen molar-refractivity contribution in [3.8, 4) is 5.75 Å². The Morgan fingerprint density at radius 2 is 1.68 bits per heavy atom. The van der Waals surface area contributed by atoms with Gasteiger partial charge in [0.25, 0.3) is 5.91 Å².